The van der Waals surface area contributed by atoms with Crippen molar-refractivity contribution in [1.29, 1.82) is 5.26 Å². The third-order valence-corrected chi connectivity index (χ3v) is 5.23. The largest absolute Gasteiger partial charge is 0.465 e. The maximum Gasteiger partial charge on any atom is 0.404 e. The molecule has 1 amide bonds. The minimum absolute atomic E-state index is 0.0287. The molecule has 0 radical (unpaired) electrons. The molecule has 2 aromatic heterocycles. The Balaban J connectivity index is 2.10. The number of rotatable bonds is 7. The molecule has 12 heteroatoms. The van der Waals surface area contributed by atoms with Crippen LogP contribution in [0.3, 0.4) is 0 Å². The van der Waals surface area contributed by atoms with Crippen LogP contribution in [0, 0.1) is 11.3 Å². The molecule has 0 bridgehead atoms. The lowest BCUT2D eigenvalue weighted by Crippen LogP contribution is -2.33. The van der Waals surface area contributed by atoms with Gasteiger partial charge in [0, 0.05) is 12.6 Å². The van der Waals surface area contributed by atoms with Gasteiger partial charge < -0.3 is 21.5 Å². The summed E-state index contributed by atoms with van der Waals surface area (Å²) >= 11 is 6.28. The van der Waals surface area contributed by atoms with E-state index < -0.39 is 18.2 Å². The number of nitrogens with two attached hydrogens (primary N) is 1. The van der Waals surface area contributed by atoms with E-state index in [0.29, 0.717) is 17.8 Å². The zero-order chi connectivity index (χ0) is 23.4. The van der Waals surface area contributed by atoms with Crippen molar-refractivity contribution in [2.75, 3.05) is 17.6 Å². The molecule has 2 heterocycles. The highest BCUT2D eigenvalue weighted by atomic mass is 35.5. The predicted octanol–water partition coefficient (Wildman–Crippen LogP) is 2.69. The number of benzene rings is 1. The number of anilines is 2. The molecule has 0 saturated heterocycles. The van der Waals surface area contributed by atoms with Crippen molar-refractivity contribution in [3.63, 3.8) is 0 Å². The minimum Gasteiger partial charge on any atom is -0.465 e. The van der Waals surface area contributed by atoms with E-state index in [1.165, 1.54) is 10.9 Å². The van der Waals surface area contributed by atoms with E-state index in [1.54, 1.807) is 32.0 Å². The number of fused-ring (bicyclic) bond motifs is 1. The maximum atomic E-state index is 13.4. The lowest BCUT2D eigenvalue weighted by molar-refractivity contribution is 0.193. The fourth-order valence-electron chi connectivity index (χ4n) is 3.36. The number of hydrogen-bond acceptors (Lipinski definition) is 8. The molecule has 2 atom stereocenters. The second-order valence-corrected chi connectivity index (χ2v) is 7.52. The lowest BCUT2D eigenvalue weighted by atomic mass is 10.1. The summed E-state index contributed by atoms with van der Waals surface area (Å²) in [6.07, 6.45) is 0.421. The van der Waals surface area contributed by atoms with Crippen LogP contribution in [0.15, 0.2) is 29.3 Å². The summed E-state index contributed by atoms with van der Waals surface area (Å²) in [5.74, 6) is 0.606. The third kappa shape index (κ3) is 4.55. The molecule has 0 spiro atoms. The van der Waals surface area contributed by atoms with Crippen LogP contribution in [-0.2, 0) is 0 Å². The summed E-state index contributed by atoms with van der Waals surface area (Å²) in [4.78, 5) is 36.8. The zero-order valence-electron chi connectivity index (χ0n) is 17.3. The van der Waals surface area contributed by atoms with Crippen molar-refractivity contribution in [2.45, 2.75) is 32.4 Å². The molecule has 5 N–H and O–H groups in total. The maximum absolute atomic E-state index is 13.4. The third-order valence-electron chi connectivity index (χ3n) is 4.91. The quantitative estimate of drug-likeness (QED) is 0.416. The summed E-state index contributed by atoms with van der Waals surface area (Å²) in [5, 5.41) is 24.1. The Morgan fingerprint density at radius 3 is 2.81 bits per heavy atom. The van der Waals surface area contributed by atoms with Crippen molar-refractivity contribution in [3.05, 3.63) is 51.3 Å². The molecular weight excluding hydrogens is 436 g/mol. The summed E-state index contributed by atoms with van der Waals surface area (Å²) in [5.41, 5.74) is 5.91. The van der Waals surface area contributed by atoms with Crippen molar-refractivity contribution in [3.8, 4) is 6.07 Å². The monoisotopic (exact) mass is 456 g/mol. The van der Waals surface area contributed by atoms with Gasteiger partial charge in [0.1, 0.15) is 35.4 Å². The Morgan fingerprint density at radius 1 is 1.38 bits per heavy atom. The molecule has 1 aromatic carbocycles. The van der Waals surface area contributed by atoms with Crippen molar-refractivity contribution in [2.24, 2.45) is 0 Å². The molecule has 3 aromatic rings. The average Bonchev–Trinajstić information content (AvgIpc) is 2.73. The van der Waals surface area contributed by atoms with Crippen LogP contribution in [0.2, 0.25) is 5.02 Å². The van der Waals surface area contributed by atoms with Gasteiger partial charge in [-0.05, 0) is 32.4 Å². The number of aromatic nitrogens is 4. The van der Waals surface area contributed by atoms with Gasteiger partial charge in [-0.3, -0.25) is 9.36 Å². The van der Waals surface area contributed by atoms with E-state index in [4.69, 9.17) is 22.4 Å². The molecule has 11 nitrogen and oxygen atoms in total. The molecule has 0 aliphatic heterocycles. The fraction of sp³-hybridized carbons (Fsp3) is 0.300. The Bertz CT molecular complexity index is 1270. The first-order valence-electron chi connectivity index (χ1n) is 9.69. The van der Waals surface area contributed by atoms with Crippen LogP contribution < -0.4 is 21.9 Å². The summed E-state index contributed by atoms with van der Waals surface area (Å²) in [6, 6.07) is 5.98. The van der Waals surface area contributed by atoms with E-state index in [0.717, 1.165) is 0 Å². The number of nitrogen functional groups attached to an aromatic ring is 1. The fourth-order valence-corrected chi connectivity index (χ4v) is 3.61. The smallest absolute Gasteiger partial charge is 0.404 e. The summed E-state index contributed by atoms with van der Waals surface area (Å²) in [6.45, 7) is 3.69. The van der Waals surface area contributed by atoms with E-state index >= 15 is 0 Å². The van der Waals surface area contributed by atoms with Crippen molar-refractivity contribution in [1.82, 2.24) is 24.8 Å². The first-order valence-corrected chi connectivity index (χ1v) is 10.1. The Hall–Kier alpha value is -3.91. The molecule has 3 rings (SSSR count). The van der Waals surface area contributed by atoms with Crippen LogP contribution in [0.25, 0.3) is 10.9 Å². The van der Waals surface area contributed by atoms with Crippen LogP contribution in [0.5, 0.6) is 0 Å². The molecule has 166 valence electrons. The van der Waals surface area contributed by atoms with E-state index in [1.807, 2.05) is 6.07 Å². The number of nitriles is 1. The van der Waals surface area contributed by atoms with Gasteiger partial charge in [-0.1, -0.05) is 17.7 Å². The predicted molar refractivity (Wildman–Crippen MR) is 120 cm³/mol. The van der Waals surface area contributed by atoms with Crippen LogP contribution in [-0.4, -0.2) is 37.3 Å². The summed E-state index contributed by atoms with van der Waals surface area (Å²) < 4.78 is 1.48. The molecule has 0 saturated carbocycles. The average molecular weight is 457 g/mol. The summed E-state index contributed by atoms with van der Waals surface area (Å²) in [7, 11) is 0. The highest BCUT2D eigenvalue weighted by molar-refractivity contribution is 6.35. The second-order valence-electron chi connectivity index (χ2n) is 7.11. The molecule has 1 unspecified atom stereocenters. The van der Waals surface area contributed by atoms with Crippen LogP contribution in [0.4, 0.5) is 16.4 Å². The van der Waals surface area contributed by atoms with Gasteiger partial charge in [-0.25, -0.2) is 19.7 Å². The van der Waals surface area contributed by atoms with E-state index in [2.05, 4.69) is 25.6 Å². The topological polar surface area (TPSA) is 172 Å². The number of hydrogen-bond donors (Lipinski definition) is 4. The minimum atomic E-state index is -1.15. The first kappa shape index (κ1) is 22.8. The number of nitrogens with one attached hydrogen (secondary N) is 2. The molecule has 0 aliphatic rings. The SMILES string of the molecule is CC(CCNC(=O)O)n1c([C@H](C)Nc2ncnc(N)c2C#N)nc2cccc(Cl)c2c1=O. The van der Waals surface area contributed by atoms with Crippen molar-refractivity contribution < 1.29 is 9.90 Å². The van der Waals surface area contributed by atoms with Gasteiger partial charge in [0.25, 0.3) is 5.56 Å². The molecule has 0 aliphatic carbocycles. The van der Waals surface area contributed by atoms with E-state index in [9.17, 15) is 14.9 Å². The normalized spacial score (nSPS) is 12.7. The number of carbonyl (C=O) groups is 1. The second kappa shape index (κ2) is 9.49. The van der Waals surface area contributed by atoms with Gasteiger partial charge in [0.15, 0.2) is 0 Å². The van der Waals surface area contributed by atoms with Crippen molar-refractivity contribution >= 4 is 40.2 Å². The Morgan fingerprint density at radius 2 is 2.12 bits per heavy atom. The van der Waals surface area contributed by atoms with Gasteiger partial charge in [0.05, 0.1) is 22.0 Å². The van der Waals surface area contributed by atoms with Crippen LogP contribution in [0.1, 0.15) is 43.7 Å². The zero-order valence-corrected chi connectivity index (χ0v) is 18.1. The van der Waals surface area contributed by atoms with E-state index in [-0.39, 0.29) is 39.7 Å². The van der Waals surface area contributed by atoms with Gasteiger partial charge in [-0.15, -0.1) is 0 Å². The number of carboxylic acid groups (broad SMARTS) is 1. The Kier molecular flexibility index (Phi) is 6.75. The molecule has 0 fully saturated rings. The highest BCUT2D eigenvalue weighted by Crippen LogP contribution is 2.26. The number of nitrogens with zero attached hydrogens (tertiary/aromatic N) is 5. The highest BCUT2D eigenvalue weighted by Gasteiger charge is 2.23. The Labute approximate surface area is 187 Å². The molecular formula is C20H21ClN8O3. The number of halogens is 1. The first-order chi connectivity index (χ1) is 15.2. The van der Waals surface area contributed by atoms with Gasteiger partial charge in [-0.2, -0.15) is 5.26 Å². The standard InChI is InChI=1S/C20H21ClN8O3/c1-10(6-7-24-20(31)32)29-18(28-14-5-3-4-13(21)15(14)19(29)30)11(2)27-17-12(8-22)16(23)25-9-26-17/h3-5,9-11,24H,6-7H2,1-2H3,(H,31,32)(H3,23,25,26,27)/t10?,11-/m0/s1. The lowest BCUT2D eigenvalue weighted by Gasteiger charge is -2.24. The number of amides is 1. The van der Waals surface area contributed by atoms with Crippen LogP contribution >= 0.6 is 11.6 Å². The molecule has 32 heavy (non-hydrogen) atoms. The van der Waals surface area contributed by atoms with Gasteiger partial charge in [0.2, 0.25) is 0 Å². The van der Waals surface area contributed by atoms with Gasteiger partial charge >= 0.3 is 6.09 Å².